The lowest BCUT2D eigenvalue weighted by molar-refractivity contribution is -0.129. The van der Waals surface area contributed by atoms with Gasteiger partial charge in [-0.15, -0.1) is 0 Å². The summed E-state index contributed by atoms with van der Waals surface area (Å²) in [5.74, 6) is -0.705. The Morgan fingerprint density at radius 1 is 1.11 bits per heavy atom. The molecule has 3 atom stereocenters. The number of nitrogens with one attached hydrogen (secondary N) is 2. The van der Waals surface area contributed by atoms with Crippen LogP contribution in [0, 0.1) is 0 Å². The van der Waals surface area contributed by atoms with E-state index >= 15 is 0 Å². The Labute approximate surface area is 167 Å². The first-order valence-electron chi connectivity index (χ1n) is 8.63. The highest BCUT2D eigenvalue weighted by Gasteiger charge is 2.59. The monoisotopic (exact) mass is 404 g/mol. The van der Waals surface area contributed by atoms with Gasteiger partial charge in [-0.25, -0.2) is 0 Å². The summed E-state index contributed by atoms with van der Waals surface area (Å²) in [4.78, 5) is 25.7. The smallest absolute Gasteiger partial charge is 0.238 e. The van der Waals surface area contributed by atoms with Crippen molar-refractivity contribution in [3.05, 3.63) is 63.6 Å². The van der Waals surface area contributed by atoms with Gasteiger partial charge >= 0.3 is 0 Å². The molecule has 7 heteroatoms. The maximum Gasteiger partial charge on any atom is 0.238 e. The fourth-order valence-electron chi connectivity index (χ4n) is 4.37. The number of amides is 2. The van der Waals surface area contributed by atoms with Gasteiger partial charge in [0.25, 0.3) is 0 Å². The SMILES string of the molecule is CO[C@H]1CC(=O)NC[C@@H](c2cccc(Cl)c2)[C@]12C(=O)Nc1cc(Cl)ccc12. The van der Waals surface area contributed by atoms with Crippen molar-refractivity contribution >= 4 is 40.7 Å². The standard InChI is InChI=1S/C20H18Cl2N2O3/c1-27-17-9-18(25)23-10-15(11-3-2-4-12(21)7-11)20(17)14-6-5-13(22)8-16(14)24-19(20)26/h2-8,15,17H,9-10H2,1H3,(H,23,25)(H,24,26)/t15-,17-,20-/m0/s1. The second kappa shape index (κ2) is 6.82. The number of benzene rings is 2. The van der Waals surface area contributed by atoms with Gasteiger partial charge in [-0.05, 0) is 35.4 Å². The molecule has 140 valence electrons. The Morgan fingerprint density at radius 3 is 2.63 bits per heavy atom. The largest absolute Gasteiger partial charge is 0.379 e. The summed E-state index contributed by atoms with van der Waals surface area (Å²) in [5.41, 5.74) is 1.23. The number of methoxy groups -OCH3 is 1. The molecule has 4 rings (SSSR count). The van der Waals surface area contributed by atoms with Crippen LogP contribution >= 0.6 is 23.2 Å². The van der Waals surface area contributed by atoms with Crippen molar-refractivity contribution in [1.29, 1.82) is 0 Å². The lowest BCUT2D eigenvalue weighted by atomic mass is 9.64. The van der Waals surface area contributed by atoms with Gasteiger partial charge in [0.2, 0.25) is 11.8 Å². The van der Waals surface area contributed by atoms with E-state index in [2.05, 4.69) is 10.6 Å². The van der Waals surface area contributed by atoms with Gasteiger partial charge in [-0.3, -0.25) is 9.59 Å². The molecule has 0 bridgehead atoms. The third-order valence-corrected chi connectivity index (χ3v) is 5.99. The first-order valence-corrected chi connectivity index (χ1v) is 9.39. The van der Waals surface area contributed by atoms with Crippen LogP contribution in [0.4, 0.5) is 5.69 Å². The number of halogens is 2. The van der Waals surface area contributed by atoms with Crippen LogP contribution in [0.15, 0.2) is 42.5 Å². The highest BCUT2D eigenvalue weighted by Crippen LogP contribution is 2.52. The van der Waals surface area contributed by atoms with E-state index in [9.17, 15) is 9.59 Å². The van der Waals surface area contributed by atoms with E-state index in [1.54, 1.807) is 18.2 Å². The first kappa shape index (κ1) is 18.3. The van der Waals surface area contributed by atoms with Crippen LogP contribution < -0.4 is 10.6 Å². The number of ether oxygens (including phenoxy) is 1. The summed E-state index contributed by atoms with van der Waals surface area (Å²) >= 11 is 12.4. The number of rotatable bonds is 2. The fraction of sp³-hybridized carbons (Fsp3) is 0.300. The van der Waals surface area contributed by atoms with Crippen LogP contribution in [0.5, 0.6) is 0 Å². The summed E-state index contributed by atoms with van der Waals surface area (Å²) < 4.78 is 5.73. The second-order valence-electron chi connectivity index (χ2n) is 6.85. The molecule has 0 saturated carbocycles. The minimum absolute atomic E-state index is 0.0864. The molecule has 2 aliphatic heterocycles. The van der Waals surface area contributed by atoms with Crippen LogP contribution in [-0.2, 0) is 19.7 Å². The molecule has 1 saturated heterocycles. The van der Waals surface area contributed by atoms with Gasteiger partial charge in [0.15, 0.2) is 0 Å². The molecule has 27 heavy (non-hydrogen) atoms. The van der Waals surface area contributed by atoms with Gasteiger partial charge in [-0.2, -0.15) is 0 Å². The maximum atomic E-state index is 13.4. The first-order chi connectivity index (χ1) is 13.0. The highest BCUT2D eigenvalue weighted by atomic mass is 35.5. The summed E-state index contributed by atoms with van der Waals surface area (Å²) in [5, 5.41) is 6.97. The van der Waals surface area contributed by atoms with Gasteiger partial charge in [0, 0.05) is 35.3 Å². The molecule has 2 aromatic rings. The highest BCUT2D eigenvalue weighted by molar-refractivity contribution is 6.31. The lowest BCUT2D eigenvalue weighted by Crippen LogP contribution is -2.51. The average molecular weight is 405 g/mol. The Hall–Kier alpha value is -2.08. The van der Waals surface area contributed by atoms with E-state index in [1.807, 2.05) is 24.3 Å². The predicted molar refractivity (Wildman–Crippen MR) is 104 cm³/mol. The lowest BCUT2D eigenvalue weighted by Gasteiger charge is -2.39. The van der Waals surface area contributed by atoms with Crippen LogP contribution in [-0.4, -0.2) is 31.6 Å². The molecule has 2 amide bonds. The van der Waals surface area contributed by atoms with Crippen molar-refractivity contribution in [2.24, 2.45) is 0 Å². The number of anilines is 1. The summed E-state index contributed by atoms with van der Waals surface area (Å²) in [6.45, 7) is 0.300. The van der Waals surface area contributed by atoms with E-state index in [1.165, 1.54) is 7.11 Å². The molecular formula is C20H18Cl2N2O3. The van der Waals surface area contributed by atoms with E-state index in [0.29, 0.717) is 22.3 Å². The Balaban J connectivity index is 1.99. The normalized spacial score (nSPS) is 27.1. The van der Waals surface area contributed by atoms with Crippen LogP contribution in [0.25, 0.3) is 0 Å². The summed E-state index contributed by atoms with van der Waals surface area (Å²) in [7, 11) is 1.53. The molecule has 2 N–H and O–H groups in total. The predicted octanol–water partition coefficient (Wildman–Crippen LogP) is 3.50. The third-order valence-electron chi connectivity index (χ3n) is 5.52. The maximum absolute atomic E-state index is 13.4. The zero-order valence-corrected chi connectivity index (χ0v) is 16.1. The number of carbonyl (C=O) groups excluding carboxylic acids is 2. The summed E-state index contributed by atoms with van der Waals surface area (Å²) in [6.07, 6.45) is -0.547. The zero-order chi connectivity index (χ0) is 19.2. The van der Waals surface area contributed by atoms with Crippen molar-refractivity contribution in [3.8, 4) is 0 Å². The van der Waals surface area contributed by atoms with Gasteiger partial charge in [-0.1, -0.05) is 41.4 Å². The minimum atomic E-state index is -1.07. The molecule has 0 aromatic heterocycles. The van der Waals surface area contributed by atoms with Crippen molar-refractivity contribution in [2.45, 2.75) is 23.9 Å². The van der Waals surface area contributed by atoms with Crippen molar-refractivity contribution in [1.82, 2.24) is 5.32 Å². The molecule has 2 aliphatic rings. The quantitative estimate of drug-likeness (QED) is 0.804. The van der Waals surface area contributed by atoms with Crippen LogP contribution in [0.2, 0.25) is 10.0 Å². The molecule has 2 aromatic carbocycles. The third kappa shape index (κ3) is 2.81. The molecule has 0 unspecified atom stereocenters. The van der Waals surface area contributed by atoms with Crippen LogP contribution in [0.3, 0.4) is 0 Å². The minimum Gasteiger partial charge on any atom is -0.379 e. The molecule has 0 aliphatic carbocycles. The molecular weight excluding hydrogens is 387 g/mol. The molecule has 1 fully saturated rings. The number of hydrogen-bond acceptors (Lipinski definition) is 3. The van der Waals surface area contributed by atoms with E-state index < -0.39 is 11.5 Å². The van der Waals surface area contributed by atoms with Crippen molar-refractivity contribution in [3.63, 3.8) is 0 Å². The average Bonchev–Trinajstić information content (AvgIpc) is 2.81. The Bertz CT molecular complexity index is 933. The van der Waals surface area contributed by atoms with Gasteiger partial charge in [0.05, 0.1) is 12.5 Å². The fourth-order valence-corrected chi connectivity index (χ4v) is 4.74. The van der Waals surface area contributed by atoms with Gasteiger partial charge in [0.1, 0.15) is 5.41 Å². The van der Waals surface area contributed by atoms with E-state index in [4.69, 9.17) is 27.9 Å². The summed E-state index contributed by atoms with van der Waals surface area (Å²) in [6, 6.07) is 12.7. The molecule has 5 nitrogen and oxygen atoms in total. The van der Waals surface area contributed by atoms with E-state index in [0.717, 1.165) is 11.1 Å². The zero-order valence-electron chi connectivity index (χ0n) is 14.6. The molecule has 0 radical (unpaired) electrons. The Kier molecular flexibility index (Phi) is 4.62. The number of fused-ring (bicyclic) bond motifs is 2. The van der Waals surface area contributed by atoms with Crippen LogP contribution in [0.1, 0.15) is 23.5 Å². The number of carbonyl (C=O) groups is 2. The second-order valence-corrected chi connectivity index (χ2v) is 7.73. The van der Waals surface area contributed by atoms with E-state index in [-0.39, 0.29) is 24.2 Å². The molecule has 2 heterocycles. The van der Waals surface area contributed by atoms with Gasteiger partial charge < -0.3 is 15.4 Å². The van der Waals surface area contributed by atoms with Crippen molar-refractivity contribution < 1.29 is 14.3 Å². The molecule has 1 spiro atoms. The van der Waals surface area contributed by atoms with Crippen molar-refractivity contribution in [2.75, 3.05) is 19.0 Å². The Morgan fingerprint density at radius 2 is 1.89 bits per heavy atom. The number of hydrogen-bond donors (Lipinski definition) is 2. The topological polar surface area (TPSA) is 67.4 Å².